The van der Waals surface area contributed by atoms with E-state index in [9.17, 15) is 0 Å². The summed E-state index contributed by atoms with van der Waals surface area (Å²) >= 11 is 1.74. The molecule has 2 aromatic heterocycles. The van der Waals surface area contributed by atoms with Gasteiger partial charge in [0.2, 0.25) is 0 Å². The molecule has 0 unspecified atom stereocenters. The van der Waals surface area contributed by atoms with Gasteiger partial charge < -0.3 is 10.0 Å². The Labute approximate surface area is 130 Å². The van der Waals surface area contributed by atoms with Gasteiger partial charge in [0.15, 0.2) is 0 Å². The van der Waals surface area contributed by atoms with Crippen LogP contribution in [0.25, 0.3) is 0 Å². The van der Waals surface area contributed by atoms with Crippen LogP contribution in [0.15, 0.2) is 36.0 Å². The Morgan fingerprint density at radius 3 is 2.90 bits per heavy atom. The summed E-state index contributed by atoms with van der Waals surface area (Å²) < 4.78 is 0. The lowest BCUT2D eigenvalue weighted by Crippen LogP contribution is -2.20. The fourth-order valence-corrected chi connectivity index (χ4v) is 2.86. The molecule has 0 radical (unpaired) electrons. The van der Waals surface area contributed by atoms with E-state index in [0.717, 1.165) is 25.1 Å². The van der Waals surface area contributed by atoms with E-state index in [0.29, 0.717) is 6.42 Å². The van der Waals surface area contributed by atoms with E-state index >= 15 is 0 Å². The molecular formula is C17H20N2OS. The summed E-state index contributed by atoms with van der Waals surface area (Å²) in [5.74, 6) is 6.02. The van der Waals surface area contributed by atoms with Crippen LogP contribution in [0.5, 0.6) is 0 Å². The fourth-order valence-electron chi connectivity index (χ4n) is 1.96. The number of aromatic nitrogens is 1. The van der Waals surface area contributed by atoms with Crippen LogP contribution in [0.3, 0.4) is 0 Å². The number of hydrogen-bond acceptors (Lipinski definition) is 4. The molecule has 3 nitrogen and oxygen atoms in total. The summed E-state index contributed by atoms with van der Waals surface area (Å²) in [4.78, 5) is 7.67. The number of hydrogen-bond donors (Lipinski definition) is 1. The highest BCUT2D eigenvalue weighted by Crippen LogP contribution is 2.16. The third-order valence-corrected chi connectivity index (χ3v) is 4.00. The Kier molecular flexibility index (Phi) is 6.42. The predicted molar refractivity (Wildman–Crippen MR) is 87.2 cm³/mol. The molecule has 0 bridgehead atoms. The smallest absolute Gasteiger partial charge is 0.0540 e. The second-order valence-corrected chi connectivity index (χ2v) is 5.92. The highest BCUT2D eigenvalue weighted by atomic mass is 32.1. The van der Waals surface area contributed by atoms with E-state index < -0.39 is 0 Å². The highest BCUT2D eigenvalue weighted by Gasteiger charge is 2.03. The van der Waals surface area contributed by atoms with Gasteiger partial charge in [-0.05, 0) is 37.2 Å². The van der Waals surface area contributed by atoms with Crippen LogP contribution in [-0.4, -0.2) is 35.2 Å². The third-order valence-electron chi connectivity index (χ3n) is 3.08. The molecule has 0 aromatic carbocycles. The molecule has 0 aliphatic rings. The van der Waals surface area contributed by atoms with E-state index in [1.165, 1.54) is 10.4 Å². The Morgan fingerprint density at radius 1 is 1.33 bits per heavy atom. The number of nitrogens with zero attached hydrogens (tertiary/aromatic N) is 2. The zero-order valence-electron chi connectivity index (χ0n) is 12.2. The second kappa shape index (κ2) is 8.58. The van der Waals surface area contributed by atoms with E-state index in [2.05, 4.69) is 52.4 Å². The van der Waals surface area contributed by atoms with Crippen LogP contribution in [0, 0.1) is 11.8 Å². The van der Waals surface area contributed by atoms with Crippen LogP contribution in [0.2, 0.25) is 0 Å². The summed E-state index contributed by atoms with van der Waals surface area (Å²) in [5.41, 5.74) is 2.37. The van der Waals surface area contributed by atoms with Crippen molar-refractivity contribution in [1.82, 2.24) is 9.88 Å². The quantitative estimate of drug-likeness (QED) is 0.833. The van der Waals surface area contributed by atoms with E-state index in [4.69, 9.17) is 5.11 Å². The van der Waals surface area contributed by atoms with Gasteiger partial charge in [0, 0.05) is 47.7 Å². The molecule has 0 aliphatic carbocycles. The minimum Gasteiger partial charge on any atom is -0.395 e. The summed E-state index contributed by atoms with van der Waals surface area (Å²) in [5, 5.41) is 10.8. The molecular weight excluding hydrogens is 280 g/mol. The van der Waals surface area contributed by atoms with Crippen molar-refractivity contribution in [3.05, 3.63) is 52.0 Å². The van der Waals surface area contributed by atoms with Gasteiger partial charge in [0.05, 0.1) is 6.61 Å². The number of thiophene rings is 1. The van der Waals surface area contributed by atoms with Crippen molar-refractivity contribution in [2.75, 3.05) is 20.2 Å². The zero-order chi connectivity index (χ0) is 14.9. The average Bonchev–Trinajstić information content (AvgIpc) is 2.94. The minimum atomic E-state index is 0.127. The highest BCUT2D eigenvalue weighted by molar-refractivity contribution is 7.10. The first kappa shape index (κ1) is 15.7. The van der Waals surface area contributed by atoms with Crippen molar-refractivity contribution >= 4 is 11.3 Å². The van der Waals surface area contributed by atoms with Gasteiger partial charge in [0.25, 0.3) is 0 Å². The SMILES string of the molecule is CN(CCc1ccncc1)Cc1cc(C#CCCO)cs1. The van der Waals surface area contributed by atoms with Gasteiger partial charge in [-0.25, -0.2) is 0 Å². The molecule has 110 valence electrons. The van der Waals surface area contributed by atoms with Crippen molar-refractivity contribution in [1.29, 1.82) is 0 Å². The van der Waals surface area contributed by atoms with Crippen LogP contribution in [0.4, 0.5) is 0 Å². The Balaban J connectivity index is 1.80. The number of likely N-dealkylation sites (N-methyl/N-ethyl adjacent to an activating group) is 1. The molecule has 4 heteroatoms. The topological polar surface area (TPSA) is 36.4 Å². The maximum atomic E-state index is 8.71. The molecule has 0 aliphatic heterocycles. The molecule has 1 N–H and O–H groups in total. The largest absolute Gasteiger partial charge is 0.395 e. The molecule has 0 spiro atoms. The van der Waals surface area contributed by atoms with E-state index in [-0.39, 0.29) is 6.61 Å². The maximum Gasteiger partial charge on any atom is 0.0540 e. The van der Waals surface area contributed by atoms with Crippen molar-refractivity contribution < 1.29 is 5.11 Å². The standard InChI is InChI=1S/C17H20N2OS/c1-19(10-7-15-5-8-18-9-6-15)13-17-12-16(14-21-17)4-2-3-11-20/h5-6,8-9,12,14,20H,3,7,10-11,13H2,1H3. The Hall–Kier alpha value is -1.67. The molecule has 21 heavy (non-hydrogen) atoms. The van der Waals surface area contributed by atoms with Crippen molar-refractivity contribution in [3.8, 4) is 11.8 Å². The third kappa shape index (κ3) is 5.68. The monoisotopic (exact) mass is 300 g/mol. The molecule has 2 rings (SSSR count). The van der Waals surface area contributed by atoms with Crippen LogP contribution in [-0.2, 0) is 13.0 Å². The number of rotatable bonds is 6. The van der Waals surface area contributed by atoms with Gasteiger partial charge in [-0.2, -0.15) is 0 Å². The molecule has 0 saturated carbocycles. The van der Waals surface area contributed by atoms with Crippen molar-refractivity contribution in [3.63, 3.8) is 0 Å². The summed E-state index contributed by atoms with van der Waals surface area (Å²) in [6, 6.07) is 6.26. The first-order chi connectivity index (χ1) is 10.3. The summed E-state index contributed by atoms with van der Waals surface area (Å²) in [6.07, 6.45) is 5.25. The average molecular weight is 300 g/mol. The van der Waals surface area contributed by atoms with Gasteiger partial charge in [-0.3, -0.25) is 4.98 Å². The van der Waals surface area contributed by atoms with Crippen LogP contribution in [0.1, 0.15) is 22.4 Å². The lowest BCUT2D eigenvalue weighted by molar-refractivity contribution is 0.305. The second-order valence-electron chi connectivity index (χ2n) is 4.92. The lowest BCUT2D eigenvalue weighted by atomic mass is 10.2. The molecule has 0 fully saturated rings. The van der Waals surface area contributed by atoms with Crippen molar-refractivity contribution in [2.24, 2.45) is 0 Å². The van der Waals surface area contributed by atoms with Gasteiger partial charge in [-0.15, -0.1) is 11.3 Å². The fraction of sp³-hybridized carbons (Fsp3) is 0.353. The van der Waals surface area contributed by atoms with Crippen LogP contribution < -0.4 is 0 Å². The Bertz CT molecular complexity index is 598. The van der Waals surface area contributed by atoms with Gasteiger partial charge >= 0.3 is 0 Å². The van der Waals surface area contributed by atoms with Gasteiger partial charge in [-0.1, -0.05) is 11.8 Å². The molecule has 0 saturated heterocycles. The zero-order valence-corrected chi connectivity index (χ0v) is 13.1. The Morgan fingerprint density at radius 2 is 2.14 bits per heavy atom. The molecule has 0 amide bonds. The first-order valence-corrected chi connectivity index (χ1v) is 7.90. The predicted octanol–water partition coefficient (Wildman–Crippen LogP) is 2.55. The summed E-state index contributed by atoms with van der Waals surface area (Å²) in [6.45, 7) is 2.09. The van der Waals surface area contributed by atoms with E-state index in [1.54, 1.807) is 11.3 Å². The van der Waals surface area contributed by atoms with Crippen molar-refractivity contribution in [2.45, 2.75) is 19.4 Å². The van der Waals surface area contributed by atoms with E-state index in [1.807, 2.05) is 12.4 Å². The molecule has 2 aromatic rings. The van der Waals surface area contributed by atoms with Crippen LogP contribution >= 0.6 is 11.3 Å². The number of aliphatic hydroxyl groups excluding tert-OH is 1. The van der Waals surface area contributed by atoms with Gasteiger partial charge in [0.1, 0.15) is 0 Å². The molecule has 2 heterocycles. The lowest BCUT2D eigenvalue weighted by Gasteiger charge is -2.15. The number of pyridine rings is 1. The number of aliphatic hydroxyl groups is 1. The molecule has 0 atom stereocenters. The first-order valence-electron chi connectivity index (χ1n) is 7.02. The maximum absolute atomic E-state index is 8.71. The summed E-state index contributed by atoms with van der Waals surface area (Å²) in [7, 11) is 2.14. The normalized spacial score (nSPS) is 10.4. The minimum absolute atomic E-state index is 0.127.